The molecule has 0 atom stereocenters. The smallest absolute Gasteiger partial charge is 0.352 e. The lowest BCUT2D eigenvalue weighted by Gasteiger charge is -2.35. The Morgan fingerprint density at radius 1 is 0.931 bits per heavy atom. The van der Waals surface area contributed by atoms with Gasteiger partial charge in [0.1, 0.15) is 5.82 Å². The van der Waals surface area contributed by atoms with Gasteiger partial charge in [0.05, 0.1) is 0 Å². The number of benzene rings is 1. The van der Waals surface area contributed by atoms with Crippen molar-refractivity contribution in [1.29, 1.82) is 0 Å². The third kappa shape index (κ3) is 3.57. The summed E-state index contributed by atoms with van der Waals surface area (Å²) in [5, 5.41) is 10.6. The number of piperazine rings is 1. The molecule has 3 heterocycles. The molecule has 1 saturated heterocycles. The minimum Gasteiger partial charge on any atom is -0.352 e. The number of hydrogen-bond donors (Lipinski definition) is 0. The van der Waals surface area contributed by atoms with E-state index >= 15 is 0 Å². The highest BCUT2D eigenvalue weighted by Crippen LogP contribution is 2.28. The van der Waals surface area contributed by atoms with Gasteiger partial charge in [0.15, 0.2) is 17.3 Å². The largest absolute Gasteiger partial charge is 0.453 e. The molecule has 4 rings (SSSR count). The Hall–Kier alpha value is -3.31. The Labute approximate surface area is 160 Å². The lowest BCUT2D eigenvalue weighted by molar-refractivity contribution is -0.146. The summed E-state index contributed by atoms with van der Waals surface area (Å²) >= 11 is 0. The number of fused-ring (bicyclic) bond motifs is 1. The van der Waals surface area contributed by atoms with Crippen LogP contribution in [0.15, 0.2) is 30.3 Å². The van der Waals surface area contributed by atoms with Crippen LogP contribution < -0.4 is 4.90 Å². The molecule has 0 bridgehead atoms. The maximum absolute atomic E-state index is 13.4. The molecule has 152 valence electrons. The molecule has 7 nitrogen and oxygen atoms in total. The summed E-state index contributed by atoms with van der Waals surface area (Å²) < 4.78 is 66.0. The van der Waals surface area contributed by atoms with Gasteiger partial charge in [0.2, 0.25) is 0 Å². The molecule has 1 aromatic carbocycles. The van der Waals surface area contributed by atoms with Gasteiger partial charge in [-0.2, -0.15) is 17.7 Å². The maximum Gasteiger partial charge on any atom is 0.453 e. The third-order valence-electron chi connectivity index (χ3n) is 4.56. The highest BCUT2D eigenvalue weighted by atomic mass is 19.4. The average Bonchev–Trinajstić information content (AvgIpc) is 3.13. The number of hydrogen-bond acceptors (Lipinski definition) is 5. The molecule has 2 aromatic heterocycles. The second-order valence-electron chi connectivity index (χ2n) is 6.39. The number of anilines is 1. The van der Waals surface area contributed by atoms with Crippen LogP contribution in [0.3, 0.4) is 0 Å². The van der Waals surface area contributed by atoms with E-state index in [0.717, 1.165) is 12.1 Å². The molecule has 0 saturated carbocycles. The summed E-state index contributed by atoms with van der Waals surface area (Å²) in [6, 6.07) is 5.83. The zero-order chi connectivity index (χ0) is 20.8. The van der Waals surface area contributed by atoms with E-state index in [-0.39, 0.29) is 30.1 Å². The fraction of sp³-hybridized carbons (Fsp3) is 0.294. The highest BCUT2D eigenvalue weighted by molar-refractivity contribution is 5.94. The van der Waals surface area contributed by atoms with E-state index < -0.39 is 29.5 Å². The molecule has 29 heavy (non-hydrogen) atoms. The van der Waals surface area contributed by atoms with Crippen LogP contribution in [0.2, 0.25) is 0 Å². The first kappa shape index (κ1) is 19.0. The first-order valence-corrected chi connectivity index (χ1v) is 8.53. The van der Waals surface area contributed by atoms with Crippen molar-refractivity contribution < 1.29 is 26.7 Å². The van der Waals surface area contributed by atoms with Crippen molar-refractivity contribution in [2.24, 2.45) is 0 Å². The van der Waals surface area contributed by atoms with Crippen LogP contribution >= 0.6 is 0 Å². The monoisotopic (exact) mass is 412 g/mol. The zero-order valence-corrected chi connectivity index (χ0v) is 14.7. The van der Waals surface area contributed by atoms with Gasteiger partial charge < -0.3 is 9.80 Å². The van der Waals surface area contributed by atoms with Crippen LogP contribution in [0.5, 0.6) is 0 Å². The van der Waals surface area contributed by atoms with Crippen molar-refractivity contribution in [3.05, 3.63) is 53.4 Å². The second kappa shape index (κ2) is 6.94. The standard InChI is InChI=1S/C17H13F5N6O/c18-11-2-1-10(9-12(11)19)15(29)27-7-5-26(6-8-27)14-4-3-13-23-24-16(17(20,21)22)28(13)25-14/h1-4,9H,5-8H2. The summed E-state index contributed by atoms with van der Waals surface area (Å²) in [7, 11) is 0. The van der Waals surface area contributed by atoms with E-state index in [0.29, 0.717) is 17.6 Å². The minimum absolute atomic E-state index is 0.0243. The summed E-state index contributed by atoms with van der Waals surface area (Å²) in [6.45, 7) is 1.09. The first-order chi connectivity index (χ1) is 13.7. The molecule has 0 radical (unpaired) electrons. The fourth-order valence-electron chi connectivity index (χ4n) is 3.08. The molecule has 1 fully saturated rings. The van der Waals surface area contributed by atoms with Crippen LogP contribution in [-0.2, 0) is 6.18 Å². The highest BCUT2D eigenvalue weighted by Gasteiger charge is 2.38. The second-order valence-corrected chi connectivity index (χ2v) is 6.39. The lowest BCUT2D eigenvalue weighted by Crippen LogP contribution is -2.49. The summed E-state index contributed by atoms with van der Waals surface area (Å²) in [5.41, 5.74) is -0.00979. The molecule has 0 unspecified atom stereocenters. The fourth-order valence-corrected chi connectivity index (χ4v) is 3.08. The van der Waals surface area contributed by atoms with Crippen molar-refractivity contribution in [1.82, 2.24) is 24.7 Å². The Morgan fingerprint density at radius 2 is 1.66 bits per heavy atom. The van der Waals surface area contributed by atoms with Crippen molar-refractivity contribution in [3.63, 3.8) is 0 Å². The number of carbonyl (C=O) groups excluding carboxylic acids is 1. The van der Waals surface area contributed by atoms with E-state index in [2.05, 4.69) is 15.3 Å². The number of aromatic nitrogens is 4. The number of amides is 1. The summed E-state index contributed by atoms with van der Waals surface area (Å²) in [4.78, 5) is 15.6. The number of carbonyl (C=O) groups is 1. The molecule has 0 spiro atoms. The Balaban J connectivity index is 1.49. The summed E-state index contributed by atoms with van der Waals surface area (Å²) in [6.07, 6.45) is -4.69. The minimum atomic E-state index is -4.69. The maximum atomic E-state index is 13.4. The zero-order valence-electron chi connectivity index (χ0n) is 14.7. The van der Waals surface area contributed by atoms with Gasteiger partial charge in [0, 0.05) is 31.7 Å². The van der Waals surface area contributed by atoms with Gasteiger partial charge in [-0.3, -0.25) is 4.79 Å². The van der Waals surface area contributed by atoms with Crippen LogP contribution in [0.4, 0.5) is 27.8 Å². The SMILES string of the molecule is O=C(c1ccc(F)c(F)c1)N1CCN(c2ccc3nnc(C(F)(F)F)n3n2)CC1. The van der Waals surface area contributed by atoms with Gasteiger partial charge in [-0.1, -0.05) is 0 Å². The number of halogens is 5. The number of alkyl halides is 3. The Bertz CT molecular complexity index is 1070. The van der Waals surface area contributed by atoms with Crippen molar-refractivity contribution in [2.45, 2.75) is 6.18 Å². The van der Waals surface area contributed by atoms with Crippen LogP contribution in [0.25, 0.3) is 5.65 Å². The molecule has 0 N–H and O–H groups in total. The van der Waals surface area contributed by atoms with E-state index in [1.165, 1.54) is 23.1 Å². The van der Waals surface area contributed by atoms with E-state index in [1.807, 2.05) is 0 Å². The Morgan fingerprint density at radius 3 is 2.31 bits per heavy atom. The average molecular weight is 412 g/mol. The molecule has 3 aromatic rings. The van der Waals surface area contributed by atoms with Crippen molar-refractivity contribution >= 4 is 17.4 Å². The van der Waals surface area contributed by atoms with Crippen molar-refractivity contribution in [2.75, 3.05) is 31.1 Å². The van der Waals surface area contributed by atoms with Gasteiger partial charge in [-0.25, -0.2) is 8.78 Å². The predicted molar refractivity (Wildman–Crippen MR) is 90.3 cm³/mol. The van der Waals surface area contributed by atoms with Gasteiger partial charge in [-0.05, 0) is 30.3 Å². The number of rotatable bonds is 2. The van der Waals surface area contributed by atoms with Crippen molar-refractivity contribution in [3.8, 4) is 0 Å². The first-order valence-electron chi connectivity index (χ1n) is 8.53. The molecular weight excluding hydrogens is 399 g/mol. The summed E-state index contributed by atoms with van der Waals surface area (Å²) in [5.74, 6) is -3.55. The Kier molecular flexibility index (Phi) is 4.55. The molecule has 0 aliphatic carbocycles. The number of nitrogens with zero attached hydrogens (tertiary/aromatic N) is 6. The predicted octanol–water partition coefficient (Wildman–Crippen LogP) is 2.38. The van der Waals surface area contributed by atoms with Crippen LogP contribution in [-0.4, -0.2) is 56.8 Å². The topological polar surface area (TPSA) is 66.6 Å². The van der Waals surface area contributed by atoms with E-state index in [1.54, 1.807) is 4.90 Å². The van der Waals surface area contributed by atoms with E-state index in [4.69, 9.17) is 0 Å². The normalized spacial score (nSPS) is 15.2. The van der Waals surface area contributed by atoms with E-state index in [9.17, 15) is 26.7 Å². The third-order valence-corrected chi connectivity index (χ3v) is 4.56. The molecule has 1 aliphatic rings. The van der Waals surface area contributed by atoms with Gasteiger partial charge >= 0.3 is 6.18 Å². The lowest BCUT2D eigenvalue weighted by atomic mass is 10.1. The van der Waals surface area contributed by atoms with Gasteiger partial charge in [-0.15, -0.1) is 15.3 Å². The molecule has 1 aliphatic heterocycles. The quantitative estimate of drug-likeness (QED) is 0.605. The van der Waals surface area contributed by atoms with Crippen LogP contribution in [0.1, 0.15) is 16.2 Å². The molecular formula is C17H13F5N6O. The molecule has 12 heteroatoms. The molecule has 1 amide bonds. The van der Waals surface area contributed by atoms with Crippen LogP contribution in [0, 0.1) is 11.6 Å². The van der Waals surface area contributed by atoms with Gasteiger partial charge in [0.25, 0.3) is 11.7 Å².